The highest BCUT2D eigenvalue weighted by Crippen LogP contribution is 2.19. The molecule has 1 N–H and O–H groups in total. The number of amides is 1. The molecule has 0 aliphatic carbocycles. The molecule has 2 aromatic rings. The number of sulfonamides is 1. The van der Waals surface area contributed by atoms with Crippen molar-refractivity contribution in [1.29, 1.82) is 0 Å². The maximum atomic E-state index is 12.7. The van der Waals surface area contributed by atoms with E-state index in [9.17, 15) is 13.2 Å². The third kappa shape index (κ3) is 5.31. The van der Waals surface area contributed by atoms with Crippen molar-refractivity contribution in [2.45, 2.75) is 18.2 Å². The van der Waals surface area contributed by atoms with Crippen LogP contribution in [0, 0.1) is 0 Å². The van der Waals surface area contributed by atoms with Crippen molar-refractivity contribution in [3.63, 3.8) is 0 Å². The zero-order valence-electron chi connectivity index (χ0n) is 15.0. The first-order chi connectivity index (χ1) is 12.5. The highest BCUT2D eigenvalue weighted by atomic mass is 32.2. The zero-order valence-corrected chi connectivity index (χ0v) is 15.8. The Kier molecular flexibility index (Phi) is 7.17. The average molecular weight is 376 g/mol. The quantitative estimate of drug-likeness (QED) is 0.727. The molecular weight excluding hydrogens is 352 g/mol. The van der Waals surface area contributed by atoms with Gasteiger partial charge < -0.3 is 10.1 Å². The Morgan fingerprint density at radius 1 is 1.08 bits per heavy atom. The molecule has 0 heterocycles. The van der Waals surface area contributed by atoms with Crippen LogP contribution in [-0.4, -0.2) is 45.4 Å². The van der Waals surface area contributed by atoms with Gasteiger partial charge in [0.1, 0.15) is 5.75 Å². The van der Waals surface area contributed by atoms with E-state index in [4.69, 9.17) is 4.74 Å². The minimum atomic E-state index is -3.73. The van der Waals surface area contributed by atoms with Crippen LogP contribution in [0.1, 0.15) is 12.5 Å². The van der Waals surface area contributed by atoms with Gasteiger partial charge in [-0.15, -0.1) is 0 Å². The fraction of sp³-hybridized carbons (Fsp3) is 0.316. The number of nitrogens with one attached hydrogen (secondary N) is 1. The van der Waals surface area contributed by atoms with Gasteiger partial charge in [-0.05, 0) is 36.2 Å². The predicted molar refractivity (Wildman–Crippen MR) is 101 cm³/mol. The molecule has 0 aliphatic heterocycles. The number of benzene rings is 2. The summed E-state index contributed by atoms with van der Waals surface area (Å²) < 4.78 is 31.6. The molecule has 0 aliphatic rings. The largest absolute Gasteiger partial charge is 0.497 e. The Labute approximate surface area is 154 Å². The topological polar surface area (TPSA) is 75.7 Å². The van der Waals surface area contributed by atoms with Crippen LogP contribution in [0.15, 0.2) is 59.5 Å². The first-order valence-corrected chi connectivity index (χ1v) is 9.86. The second-order valence-electron chi connectivity index (χ2n) is 5.69. The number of hydrogen-bond acceptors (Lipinski definition) is 4. The molecule has 0 fully saturated rings. The van der Waals surface area contributed by atoms with Crippen molar-refractivity contribution in [2.75, 3.05) is 26.7 Å². The summed E-state index contributed by atoms with van der Waals surface area (Å²) in [6.07, 6.45) is 0.698. The van der Waals surface area contributed by atoms with Gasteiger partial charge in [0.2, 0.25) is 15.9 Å². The lowest BCUT2D eigenvalue weighted by molar-refractivity contribution is -0.121. The van der Waals surface area contributed by atoms with E-state index in [-0.39, 0.29) is 23.9 Å². The summed E-state index contributed by atoms with van der Waals surface area (Å²) in [5.74, 6) is 0.255. The fourth-order valence-electron chi connectivity index (χ4n) is 2.47. The van der Waals surface area contributed by atoms with Crippen LogP contribution in [0.25, 0.3) is 0 Å². The summed E-state index contributed by atoms with van der Waals surface area (Å²) in [4.78, 5) is 12.3. The van der Waals surface area contributed by atoms with E-state index < -0.39 is 10.0 Å². The lowest BCUT2D eigenvalue weighted by Gasteiger charge is -2.20. The van der Waals surface area contributed by atoms with Crippen molar-refractivity contribution in [3.05, 3.63) is 60.2 Å². The lowest BCUT2D eigenvalue weighted by atomic mass is 10.1. The Morgan fingerprint density at radius 3 is 2.31 bits per heavy atom. The molecule has 0 saturated heterocycles. The van der Waals surface area contributed by atoms with Gasteiger partial charge in [0, 0.05) is 13.1 Å². The van der Waals surface area contributed by atoms with Crippen molar-refractivity contribution in [2.24, 2.45) is 0 Å². The second kappa shape index (κ2) is 9.35. The molecule has 0 radical (unpaired) electrons. The molecule has 2 aromatic carbocycles. The van der Waals surface area contributed by atoms with Gasteiger partial charge in [-0.2, -0.15) is 4.31 Å². The maximum Gasteiger partial charge on any atom is 0.243 e. The first-order valence-electron chi connectivity index (χ1n) is 8.42. The second-order valence-corrected chi connectivity index (χ2v) is 7.63. The molecule has 0 spiro atoms. The molecule has 0 atom stereocenters. The van der Waals surface area contributed by atoms with E-state index in [1.807, 2.05) is 30.3 Å². The maximum absolute atomic E-state index is 12.7. The van der Waals surface area contributed by atoms with Gasteiger partial charge in [-0.3, -0.25) is 4.79 Å². The molecule has 2 rings (SSSR count). The van der Waals surface area contributed by atoms with Crippen molar-refractivity contribution < 1.29 is 17.9 Å². The third-order valence-electron chi connectivity index (χ3n) is 3.95. The number of nitrogens with zero attached hydrogens (tertiary/aromatic N) is 1. The molecule has 1 amide bonds. The van der Waals surface area contributed by atoms with E-state index in [0.29, 0.717) is 18.7 Å². The smallest absolute Gasteiger partial charge is 0.243 e. The number of carbonyl (C=O) groups is 1. The minimum absolute atomic E-state index is 0.136. The average Bonchev–Trinajstić information content (AvgIpc) is 2.66. The monoisotopic (exact) mass is 376 g/mol. The van der Waals surface area contributed by atoms with Crippen LogP contribution in [-0.2, 0) is 21.2 Å². The van der Waals surface area contributed by atoms with Gasteiger partial charge in [0.25, 0.3) is 0 Å². The number of carbonyl (C=O) groups excluding carboxylic acids is 1. The Hall–Kier alpha value is -2.38. The van der Waals surface area contributed by atoms with Crippen LogP contribution in [0.4, 0.5) is 0 Å². The number of likely N-dealkylation sites (N-methyl/N-ethyl adjacent to an activating group) is 1. The highest BCUT2D eigenvalue weighted by molar-refractivity contribution is 7.89. The predicted octanol–water partition coefficient (Wildman–Crippen LogP) is 2.06. The number of hydrogen-bond donors (Lipinski definition) is 1. The number of ether oxygens (including phenoxy) is 1. The Morgan fingerprint density at radius 2 is 1.73 bits per heavy atom. The summed E-state index contributed by atoms with van der Waals surface area (Å²) in [6, 6.07) is 15.9. The molecule has 26 heavy (non-hydrogen) atoms. The fourth-order valence-corrected chi connectivity index (χ4v) is 3.88. The van der Waals surface area contributed by atoms with Gasteiger partial charge in [-0.1, -0.05) is 37.3 Å². The summed E-state index contributed by atoms with van der Waals surface area (Å²) in [5, 5.41) is 2.77. The Balaban J connectivity index is 1.94. The Bertz CT molecular complexity index is 805. The van der Waals surface area contributed by atoms with Crippen molar-refractivity contribution in [1.82, 2.24) is 9.62 Å². The third-order valence-corrected chi connectivity index (χ3v) is 5.88. The van der Waals surface area contributed by atoms with Crippen LogP contribution in [0.2, 0.25) is 0 Å². The van der Waals surface area contributed by atoms with Crippen molar-refractivity contribution >= 4 is 15.9 Å². The van der Waals surface area contributed by atoms with Crippen molar-refractivity contribution in [3.8, 4) is 5.75 Å². The van der Waals surface area contributed by atoms with Gasteiger partial charge in [0.15, 0.2) is 0 Å². The van der Waals surface area contributed by atoms with E-state index in [2.05, 4.69) is 5.32 Å². The number of rotatable bonds is 9. The van der Waals surface area contributed by atoms with Gasteiger partial charge >= 0.3 is 0 Å². The molecule has 0 aromatic heterocycles. The van der Waals surface area contributed by atoms with E-state index in [1.54, 1.807) is 19.1 Å². The van der Waals surface area contributed by atoms with E-state index in [1.165, 1.54) is 19.2 Å². The zero-order chi connectivity index (χ0) is 19.0. The van der Waals surface area contributed by atoms with Crippen LogP contribution in [0.3, 0.4) is 0 Å². The lowest BCUT2D eigenvalue weighted by Crippen LogP contribution is -2.41. The highest BCUT2D eigenvalue weighted by Gasteiger charge is 2.25. The van der Waals surface area contributed by atoms with Gasteiger partial charge in [0.05, 0.1) is 18.6 Å². The molecular formula is C19H24N2O4S. The molecule has 7 heteroatoms. The summed E-state index contributed by atoms with van der Waals surface area (Å²) >= 11 is 0. The minimum Gasteiger partial charge on any atom is -0.497 e. The van der Waals surface area contributed by atoms with Crippen LogP contribution in [0.5, 0.6) is 5.75 Å². The van der Waals surface area contributed by atoms with Crippen LogP contribution >= 0.6 is 0 Å². The molecule has 0 saturated carbocycles. The SMILES string of the molecule is CCN(CC(=O)NCCc1ccccc1)S(=O)(=O)c1ccc(OC)cc1. The van der Waals surface area contributed by atoms with Gasteiger partial charge in [-0.25, -0.2) is 8.42 Å². The summed E-state index contributed by atoms with van der Waals surface area (Å²) in [6.45, 7) is 2.17. The van der Waals surface area contributed by atoms with E-state index >= 15 is 0 Å². The van der Waals surface area contributed by atoms with Crippen LogP contribution < -0.4 is 10.1 Å². The first kappa shape index (κ1) is 19.9. The summed E-state index contributed by atoms with van der Waals surface area (Å²) in [5.41, 5.74) is 1.12. The molecule has 140 valence electrons. The van der Waals surface area contributed by atoms with E-state index in [0.717, 1.165) is 9.87 Å². The molecule has 0 bridgehead atoms. The summed E-state index contributed by atoms with van der Waals surface area (Å²) in [7, 11) is -2.22. The number of methoxy groups -OCH3 is 1. The molecule has 0 unspecified atom stereocenters. The molecule has 6 nitrogen and oxygen atoms in total. The standard InChI is InChI=1S/C19H24N2O4S/c1-3-21(26(23,24)18-11-9-17(25-2)10-12-18)15-19(22)20-14-13-16-7-5-4-6-8-16/h4-12H,3,13-15H2,1-2H3,(H,20,22). The normalized spacial score (nSPS) is 11.3.